The monoisotopic (exact) mass is 772 g/mol. The zero-order valence-electron chi connectivity index (χ0n) is 33.9. The van der Waals surface area contributed by atoms with Gasteiger partial charge in [-0.05, 0) is 138 Å². The molecule has 10 nitrogen and oxygen atoms in total. The Hall–Kier alpha value is -3.60. The van der Waals surface area contributed by atoms with Crippen LogP contribution in [0.15, 0.2) is 53.0 Å². The zero-order chi connectivity index (χ0) is 40.8. The van der Waals surface area contributed by atoms with Gasteiger partial charge in [0.2, 0.25) is 11.5 Å². The average Bonchev–Trinajstić information content (AvgIpc) is 3.39. The average molecular weight is 773 g/mol. The Morgan fingerprint density at radius 2 is 1.54 bits per heavy atom. The number of benzene rings is 1. The zero-order valence-corrected chi connectivity index (χ0v) is 33.9. The third kappa shape index (κ3) is 5.09. The van der Waals surface area contributed by atoms with Gasteiger partial charge in [-0.15, -0.1) is 0 Å². The molecule has 7 N–H and O–H groups in total. The Bertz CT molecular complexity index is 2040. The number of hydrogen-bond donors (Lipinski definition) is 7. The van der Waals surface area contributed by atoms with Gasteiger partial charge >= 0.3 is 5.97 Å². The van der Waals surface area contributed by atoms with Crippen LogP contribution in [0.25, 0.3) is 5.57 Å². The predicted octanol–water partition coefficient (Wildman–Crippen LogP) is 7.28. The third-order valence-electron chi connectivity index (χ3n) is 17.3. The van der Waals surface area contributed by atoms with E-state index in [1.807, 2.05) is 0 Å². The van der Waals surface area contributed by atoms with Crippen LogP contribution in [-0.4, -0.2) is 71.9 Å². The van der Waals surface area contributed by atoms with Crippen LogP contribution in [0.1, 0.15) is 117 Å². The number of aromatic hydroxyl groups is 2. The van der Waals surface area contributed by atoms with Crippen molar-refractivity contribution in [3.05, 3.63) is 64.2 Å². The minimum atomic E-state index is -1.33. The molecule has 10 unspecified atom stereocenters. The fraction of sp³-hybridized carbons (Fsp3) is 0.652. The van der Waals surface area contributed by atoms with Crippen molar-refractivity contribution in [3.8, 4) is 11.5 Å². The van der Waals surface area contributed by atoms with Crippen molar-refractivity contribution in [2.24, 2.45) is 50.2 Å². The molecule has 1 heterocycles. The topological polar surface area (TPSA) is 185 Å². The minimum Gasteiger partial charge on any atom is -0.504 e. The van der Waals surface area contributed by atoms with E-state index in [-0.39, 0.29) is 69.4 Å². The summed E-state index contributed by atoms with van der Waals surface area (Å²) in [6.07, 6.45) is 12.2. The van der Waals surface area contributed by atoms with E-state index in [1.54, 1.807) is 0 Å². The predicted molar refractivity (Wildman–Crippen MR) is 209 cm³/mol. The van der Waals surface area contributed by atoms with E-state index in [0.717, 1.165) is 44.9 Å². The molecular formula is C46H60O10. The van der Waals surface area contributed by atoms with E-state index < -0.39 is 34.6 Å². The number of rotatable bonds is 1. The highest BCUT2D eigenvalue weighted by molar-refractivity contribution is 6.06. The highest BCUT2D eigenvalue weighted by Crippen LogP contribution is 2.75. The summed E-state index contributed by atoms with van der Waals surface area (Å²) in [6.45, 7) is 16.3. The molecule has 10 atom stereocenters. The van der Waals surface area contributed by atoms with Gasteiger partial charge in [0.05, 0.1) is 12.2 Å². The number of carbonyl (C=O) groups excluding carboxylic acids is 1. The molecule has 0 radical (unpaired) electrons. The Morgan fingerprint density at radius 1 is 0.839 bits per heavy atom. The quantitative estimate of drug-likeness (QED) is 0.113. The van der Waals surface area contributed by atoms with Crippen LogP contribution in [0.2, 0.25) is 0 Å². The Kier molecular flexibility index (Phi) is 8.56. The first kappa shape index (κ1) is 39.2. The number of phenols is 2. The van der Waals surface area contributed by atoms with Crippen molar-refractivity contribution >= 4 is 17.3 Å². The number of carboxylic acid groups (broad SMARTS) is 1. The number of hydrogen-bond acceptors (Lipinski definition) is 9. The second-order valence-electron chi connectivity index (χ2n) is 20.8. The molecule has 0 bridgehead atoms. The van der Waals surface area contributed by atoms with Crippen LogP contribution in [0, 0.1) is 50.2 Å². The molecule has 7 aliphatic carbocycles. The molecule has 0 amide bonds. The highest BCUT2D eigenvalue weighted by atomic mass is 16.5. The van der Waals surface area contributed by atoms with Crippen molar-refractivity contribution < 1.29 is 50.1 Å². The van der Waals surface area contributed by atoms with Crippen LogP contribution in [0.4, 0.5) is 0 Å². The van der Waals surface area contributed by atoms with E-state index >= 15 is 0 Å². The number of carboxylic acids is 1. The summed E-state index contributed by atoms with van der Waals surface area (Å²) in [5.41, 5.74) is 1.09. The lowest BCUT2D eigenvalue weighted by Crippen LogP contribution is -2.67. The summed E-state index contributed by atoms with van der Waals surface area (Å²) in [7, 11) is 0. The lowest BCUT2D eigenvalue weighted by atomic mass is 9.33. The van der Waals surface area contributed by atoms with Gasteiger partial charge in [-0.2, -0.15) is 0 Å². The molecule has 0 aromatic heterocycles. The maximum absolute atomic E-state index is 12.8. The summed E-state index contributed by atoms with van der Waals surface area (Å²) in [5, 5.41) is 73.1. The number of aliphatic carboxylic acids is 1. The van der Waals surface area contributed by atoms with E-state index in [1.165, 1.54) is 29.9 Å². The number of ether oxygens (including phenoxy) is 1. The minimum absolute atomic E-state index is 0.0218. The first-order valence-corrected chi connectivity index (χ1v) is 20.6. The van der Waals surface area contributed by atoms with Gasteiger partial charge in [-0.3, -0.25) is 9.59 Å². The maximum Gasteiger partial charge on any atom is 0.312 e. The molecule has 304 valence electrons. The summed E-state index contributed by atoms with van der Waals surface area (Å²) in [6, 6.07) is 2.77. The molecule has 10 heteroatoms. The van der Waals surface area contributed by atoms with Gasteiger partial charge < -0.3 is 40.5 Å². The molecule has 0 spiro atoms. The van der Waals surface area contributed by atoms with Gasteiger partial charge in [0.1, 0.15) is 17.6 Å². The van der Waals surface area contributed by atoms with Crippen molar-refractivity contribution in [2.45, 2.75) is 130 Å². The molecule has 1 aromatic carbocycles. The van der Waals surface area contributed by atoms with Gasteiger partial charge in [-0.1, -0.05) is 60.1 Å². The second-order valence-corrected chi connectivity index (χ2v) is 20.8. The van der Waals surface area contributed by atoms with Gasteiger partial charge in [0.25, 0.3) is 0 Å². The fourth-order valence-corrected chi connectivity index (χ4v) is 14.0. The van der Waals surface area contributed by atoms with Crippen molar-refractivity contribution in [2.75, 3.05) is 6.61 Å². The molecular weight excluding hydrogens is 712 g/mol. The number of carbonyl (C=O) groups is 2. The van der Waals surface area contributed by atoms with Crippen LogP contribution < -0.4 is 0 Å². The van der Waals surface area contributed by atoms with E-state index in [0.29, 0.717) is 47.0 Å². The largest absolute Gasteiger partial charge is 0.504 e. The standard InChI is InChI=1S/C30H48O4.C16H12O6/c1-25(2)14-15-30(24(33)34)19(16-25)18-8-9-21-27(5)12-11-22(31)26(3,4)20(27)10-13-28(21,6)29(18,7)17-23(30)32;17-10-2-1-8-13-9-4-12(19)11(18)3-7(9)5-16(13,21)6-22-15(8)14(10)20/h8,19-23,31-32H,9-17H2,1-7H3,(H,33,34);1-4,18-21H,5-6H2. The molecule has 1 aromatic rings. The maximum atomic E-state index is 12.8. The number of fused-ring (bicyclic) bond motifs is 11. The molecule has 4 fully saturated rings. The highest BCUT2D eigenvalue weighted by Gasteiger charge is 2.71. The second kappa shape index (κ2) is 12.2. The molecule has 56 heavy (non-hydrogen) atoms. The van der Waals surface area contributed by atoms with Crippen molar-refractivity contribution in [3.63, 3.8) is 0 Å². The third-order valence-corrected chi connectivity index (χ3v) is 17.3. The van der Waals surface area contributed by atoms with E-state index in [9.17, 15) is 45.3 Å². The summed E-state index contributed by atoms with van der Waals surface area (Å²) in [5.74, 6) is -1.49. The summed E-state index contributed by atoms with van der Waals surface area (Å²) < 4.78 is 5.40. The Morgan fingerprint density at radius 3 is 2.23 bits per heavy atom. The lowest BCUT2D eigenvalue weighted by molar-refractivity contribution is -0.218. The molecule has 8 aliphatic rings. The van der Waals surface area contributed by atoms with Crippen LogP contribution >= 0.6 is 0 Å². The van der Waals surface area contributed by atoms with E-state index in [4.69, 9.17) is 4.74 Å². The first-order chi connectivity index (χ1) is 26.0. The molecule has 1 aliphatic heterocycles. The van der Waals surface area contributed by atoms with Gasteiger partial charge in [-0.25, -0.2) is 0 Å². The number of ketones is 1. The lowest BCUT2D eigenvalue weighted by Gasteiger charge is -2.71. The first-order valence-electron chi connectivity index (χ1n) is 20.6. The van der Waals surface area contributed by atoms with Gasteiger partial charge in [0.15, 0.2) is 17.3 Å². The number of phenolic OH excluding ortho intramolecular Hbond substituents is 2. The summed E-state index contributed by atoms with van der Waals surface area (Å²) >= 11 is 0. The van der Waals surface area contributed by atoms with Crippen LogP contribution in [0.3, 0.4) is 0 Å². The van der Waals surface area contributed by atoms with Crippen molar-refractivity contribution in [1.29, 1.82) is 0 Å². The Labute approximate surface area is 329 Å². The molecule has 9 rings (SSSR count). The van der Waals surface area contributed by atoms with Crippen LogP contribution in [-0.2, 0) is 20.7 Å². The van der Waals surface area contributed by atoms with Gasteiger partial charge in [0, 0.05) is 17.6 Å². The number of aliphatic hydroxyl groups excluding tert-OH is 3. The smallest absolute Gasteiger partial charge is 0.312 e. The SMILES string of the molecule is CC1(C)CCC2(C(=O)O)C(O)CC3(C)C(=CCC4C5(C)CCC(O)C(C)(C)C5CCC43C)C2C1.O=C1C=CC2=C3c4cc(O)c(O)cc4CC3(O)COC2=C1O. The number of allylic oxidation sites excluding steroid dienone is 4. The van der Waals surface area contributed by atoms with E-state index in [2.05, 4.69) is 54.5 Å². The molecule has 0 saturated heterocycles. The normalized spacial score (nSPS) is 42.6. The number of aliphatic hydroxyl groups is 4. The van der Waals surface area contributed by atoms with Crippen molar-refractivity contribution in [1.82, 2.24) is 0 Å². The molecule has 4 saturated carbocycles. The van der Waals surface area contributed by atoms with Crippen LogP contribution in [0.5, 0.6) is 11.5 Å². The fourth-order valence-electron chi connectivity index (χ4n) is 14.0. The summed E-state index contributed by atoms with van der Waals surface area (Å²) in [4.78, 5) is 24.3. The Balaban J connectivity index is 0.000000172.